The van der Waals surface area contributed by atoms with E-state index >= 15 is 0 Å². The van der Waals surface area contributed by atoms with Crippen molar-refractivity contribution in [1.82, 2.24) is 4.98 Å². The fourth-order valence-electron chi connectivity index (χ4n) is 2.07. The van der Waals surface area contributed by atoms with Crippen LogP contribution in [-0.2, 0) is 17.6 Å². The molecule has 1 aromatic heterocycles. The number of anilines is 1. The average molecular weight is 259 g/mol. The molecule has 18 heavy (non-hydrogen) atoms. The topological polar surface area (TPSA) is 68.0 Å². The first-order chi connectivity index (χ1) is 8.76. The third-order valence-corrected chi connectivity index (χ3v) is 4.03. The molecule has 3 rings (SSSR count). The average Bonchev–Trinajstić information content (AvgIpc) is 2.93. The first-order valence-electron chi connectivity index (χ1n) is 5.84. The molecule has 1 aliphatic heterocycles. The number of hydrogen-bond acceptors (Lipinski definition) is 4. The maximum absolute atomic E-state index is 11.3. The summed E-state index contributed by atoms with van der Waals surface area (Å²) >= 11 is 1.66. The van der Waals surface area contributed by atoms with Crippen molar-refractivity contribution in [3.05, 3.63) is 35.0 Å². The second-order valence-electron chi connectivity index (χ2n) is 4.25. The number of hydrogen-bond donors (Lipinski definition) is 2. The Kier molecular flexibility index (Phi) is 2.85. The zero-order valence-corrected chi connectivity index (χ0v) is 10.6. The van der Waals surface area contributed by atoms with Crippen LogP contribution in [0.4, 0.5) is 5.69 Å². The number of benzene rings is 1. The number of carbonyl (C=O) groups excluding carboxylic acids is 1. The van der Waals surface area contributed by atoms with Crippen molar-refractivity contribution >= 4 is 22.9 Å². The van der Waals surface area contributed by atoms with Crippen molar-refractivity contribution < 1.29 is 4.79 Å². The Labute approximate surface area is 109 Å². The molecule has 3 N–H and O–H groups in total. The van der Waals surface area contributed by atoms with Crippen LogP contribution in [0, 0.1) is 0 Å². The van der Waals surface area contributed by atoms with E-state index in [1.165, 1.54) is 0 Å². The van der Waals surface area contributed by atoms with Gasteiger partial charge in [-0.15, -0.1) is 11.3 Å². The van der Waals surface area contributed by atoms with E-state index in [-0.39, 0.29) is 5.91 Å². The number of fused-ring (bicyclic) bond motifs is 1. The van der Waals surface area contributed by atoms with E-state index in [4.69, 9.17) is 5.73 Å². The zero-order valence-electron chi connectivity index (χ0n) is 9.77. The van der Waals surface area contributed by atoms with E-state index < -0.39 is 0 Å². The maximum Gasteiger partial charge on any atom is 0.228 e. The SMILES string of the molecule is NCCc1ncc(-c2ccc3c(c2)CC(=O)N3)s1. The van der Waals surface area contributed by atoms with Gasteiger partial charge in [0.2, 0.25) is 5.91 Å². The third kappa shape index (κ3) is 2.02. The van der Waals surface area contributed by atoms with Gasteiger partial charge in [-0.05, 0) is 29.8 Å². The predicted molar refractivity (Wildman–Crippen MR) is 72.6 cm³/mol. The lowest BCUT2D eigenvalue weighted by atomic mass is 10.1. The Morgan fingerprint density at radius 3 is 3.17 bits per heavy atom. The number of rotatable bonds is 3. The summed E-state index contributed by atoms with van der Waals surface area (Å²) in [4.78, 5) is 16.8. The molecule has 1 aromatic carbocycles. The number of nitrogens with one attached hydrogen (secondary N) is 1. The molecule has 0 saturated carbocycles. The first-order valence-corrected chi connectivity index (χ1v) is 6.66. The van der Waals surface area contributed by atoms with Crippen LogP contribution in [0.3, 0.4) is 0 Å². The lowest BCUT2D eigenvalue weighted by Gasteiger charge is -2.01. The largest absolute Gasteiger partial charge is 0.330 e. The van der Waals surface area contributed by atoms with Crippen LogP contribution in [0.5, 0.6) is 0 Å². The standard InChI is InChI=1S/C13H13N3OS/c14-4-3-13-15-7-11(18-13)8-1-2-10-9(5-8)6-12(17)16-10/h1-2,5,7H,3-4,6,14H2,(H,16,17). The molecule has 4 nitrogen and oxygen atoms in total. The van der Waals surface area contributed by atoms with Crippen LogP contribution in [-0.4, -0.2) is 17.4 Å². The molecular weight excluding hydrogens is 246 g/mol. The van der Waals surface area contributed by atoms with Crippen LogP contribution >= 0.6 is 11.3 Å². The van der Waals surface area contributed by atoms with Gasteiger partial charge < -0.3 is 11.1 Å². The van der Waals surface area contributed by atoms with E-state index in [1.807, 2.05) is 18.3 Å². The molecule has 92 valence electrons. The van der Waals surface area contributed by atoms with E-state index in [0.29, 0.717) is 13.0 Å². The number of nitrogens with zero attached hydrogens (tertiary/aromatic N) is 1. The van der Waals surface area contributed by atoms with E-state index in [1.54, 1.807) is 11.3 Å². The summed E-state index contributed by atoms with van der Waals surface area (Å²) in [5, 5.41) is 3.89. The molecule has 0 radical (unpaired) electrons. The van der Waals surface area contributed by atoms with Crippen LogP contribution in [0.25, 0.3) is 10.4 Å². The van der Waals surface area contributed by atoms with Gasteiger partial charge in [-0.3, -0.25) is 4.79 Å². The highest BCUT2D eigenvalue weighted by Gasteiger charge is 2.18. The molecule has 5 heteroatoms. The summed E-state index contributed by atoms with van der Waals surface area (Å²) in [6.45, 7) is 0.621. The second-order valence-corrected chi connectivity index (χ2v) is 5.37. The van der Waals surface area contributed by atoms with Crippen molar-refractivity contribution in [3.8, 4) is 10.4 Å². The van der Waals surface area contributed by atoms with Gasteiger partial charge in [0.1, 0.15) is 0 Å². The van der Waals surface area contributed by atoms with Crippen LogP contribution in [0.15, 0.2) is 24.4 Å². The number of amides is 1. The van der Waals surface area contributed by atoms with E-state index in [0.717, 1.165) is 33.1 Å². The van der Waals surface area contributed by atoms with Gasteiger partial charge in [-0.1, -0.05) is 6.07 Å². The smallest absolute Gasteiger partial charge is 0.228 e. The minimum Gasteiger partial charge on any atom is -0.330 e. The summed E-state index contributed by atoms with van der Waals surface area (Å²) in [7, 11) is 0. The minimum absolute atomic E-state index is 0.0651. The number of nitrogens with two attached hydrogens (primary N) is 1. The fraction of sp³-hybridized carbons (Fsp3) is 0.231. The van der Waals surface area contributed by atoms with Gasteiger partial charge in [0.25, 0.3) is 0 Å². The zero-order chi connectivity index (χ0) is 12.5. The molecular formula is C13H13N3OS. The van der Waals surface area contributed by atoms with Gasteiger partial charge >= 0.3 is 0 Å². The Morgan fingerprint density at radius 1 is 1.44 bits per heavy atom. The summed E-state index contributed by atoms with van der Waals surface area (Å²) in [5.74, 6) is 0.0651. The Morgan fingerprint density at radius 2 is 2.33 bits per heavy atom. The molecule has 0 fully saturated rings. The summed E-state index contributed by atoms with van der Waals surface area (Å²) in [5.41, 5.74) is 8.62. The third-order valence-electron chi connectivity index (χ3n) is 2.93. The summed E-state index contributed by atoms with van der Waals surface area (Å²) in [6.07, 6.45) is 3.16. The van der Waals surface area contributed by atoms with Gasteiger partial charge in [-0.25, -0.2) is 4.98 Å². The first kappa shape index (κ1) is 11.4. The molecule has 1 aliphatic rings. The normalized spacial score (nSPS) is 13.5. The Bertz CT molecular complexity index is 606. The van der Waals surface area contributed by atoms with Gasteiger partial charge in [-0.2, -0.15) is 0 Å². The molecule has 0 saturated heterocycles. The highest BCUT2D eigenvalue weighted by Crippen LogP contribution is 2.31. The molecule has 2 heterocycles. The van der Waals surface area contributed by atoms with Crippen molar-refractivity contribution in [2.24, 2.45) is 5.73 Å². The maximum atomic E-state index is 11.3. The molecule has 1 amide bonds. The highest BCUT2D eigenvalue weighted by atomic mass is 32.1. The van der Waals surface area contributed by atoms with E-state index in [9.17, 15) is 4.79 Å². The van der Waals surface area contributed by atoms with Crippen molar-refractivity contribution in [3.63, 3.8) is 0 Å². The highest BCUT2D eigenvalue weighted by molar-refractivity contribution is 7.15. The van der Waals surface area contributed by atoms with Gasteiger partial charge in [0, 0.05) is 18.3 Å². The van der Waals surface area contributed by atoms with E-state index in [2.05, 4.69) is 16.4 Å². The monoisotopic (exact) mass is 259 g/mol. The minimum atomic E-state index is 0.0651. The van der Waals surface area contributed by atoms with Crippen molar-refractivity contribution in [1.29, 1.82) is 0 Å². The lowest BCUT2D eigenvalue weighted by molar-refractivity contribution is -0.115. The molecule has 0 aliphatic carbocycles. The Balaban J connectivity index is 1.92. The van der Waals surface area contributed by atoms with Crippen molar-refractivity contribution in [2.75, 3.05) is 11.9 Å². The molecule has 0 unspecified atom stereocenters. The second kappa shape index (κ2) is 4.51. The molecule has 0 spiro atoms. The Hall–Kier alpha value is -1.72. The van der Waals surface area contributed by atoms with Crippen molar-refractivity contribution in [2.45, 2.75) is 12.8 Å². The van der Waals surface area contributed by atoms with Gasteiger partial charge in [0.05, 0.1) is 16.3 Å². The molecule has 0 atom stereocenters. The quantitative estimate of drug-likeness (QED) is 0.883. The van der Waals surface area contributed by atoms with Crippen LogP contribution in [0.1, 0.15) is 10.6 Å². The van der Waals surface area contributed by atoms with Gasteiger partial charge in [0.15, 0.2) is 0 Å². The number of carbonyl (C=O) groups is 1. The van der Waals surface area contributed by atoms with Crippen LogP contribution < -0.4 is 11.1 Å². The summed E-state index contributed by atoms with van der Waals surface area (Å²) in [6, 6.07) is 6.04. The number of aromatic nitrogens is 1. The predicted octanol–water partition coefficient (Wildman–Crippen LogP) is 1.81. The molecule has 2 aromatic rings. The number of thiazole rings is 1. The molecule has 0 bridgehead atoms. The van der Waals surface area contributed by atoms with Crippen LogP contribution in [0.2, 0.25) is 0 Å². The lowest BCUT2D eigenvalue weighted by Crippen LogP contribution is -2.03. The fourth-order valence-corrected chi connectivity index (χ4v) is 2.99. The summed E-state index contributed by atoms with van der Waals surface area (Å²) < 4.78 is 0.